The Labute approximate surface area is 98.1 Å². The average molecular weight is 234 g/mol. The molecule has 2 aromatic rings. The fourth-order valence-electron chi connectivity index (χ4n) is 1.82. The predicted molar refractivity (Wildman–Crippen MR) is 64.4 cm³/mol. The van der Waals surface area contributed by atoms with Crippen LogP contribution in [-0.4, -0.2) is 10.2 Å². The van der Waals surface area contributed by atoms with Crippen LogP contribution in [-0.2, 0) is 6.42 Å². The number of unbranched alkanes of at least 4 members (excludes halogenated alkanes) is 1. The highest BCUT2D eigenvalue weighted by atomic mass is 16.4. The molecule has 1 heterocycles. The van der Waals surface area contributed by atoms with Crippen molar-refractivity contribution in [2.24, 2.45) is 0 Å². The van der Waals surface area contributed by atoms with Gasteiger partial charge < -0.3 is 14.6 Å². The van der Waals surface area contributed by atoms with Gasteiger partial charge in [0, 0.05) is 17.5 Å². The summed E-state index contributed by atoms with van der Waals surface area (Å²) in [5, 5.41) is 19.5. The molecule has 0 amide bonds. The first-order chi connectivity index (χ1) is 8.11. The highest BCUT2D eigenvalue weighted by molar-refractivity contribution is 5.83. The second-order valence-corrected chi connectivity index (χ2v) is 4.03. The molecular weight excluding hydrogens is 220 g/mol. The molecule has 0 atom stereocenters. The second kappa shape index (κ2) is 4.49. The minimum atomic E-state index is -0.436. The summed E-state index contributed by atoms with van der Waals surface area (Å²) in [5.41, 5.74) is 0.709. The molecule has 2 N–H and O–H groups in total. The molecule has 17 heavy (non-hydrogen) atoms. The van der Waals surface area contributed by atoms with Crippen molar-refractivity contribution in [2.45, 2.75) is 26.2 Å². The fourth-order valence-corrected chi connectivity index (χ4v) is 1.82. The lowest BCUT2D eigenvalue weighted by Crippen LogP contribution is -2.00. The van der Waals surface area contributed by atoms with Gasteiger partial charge in [0.25, 0.3) is 0 Å². The molecule has 0 bridgehead atoms. The number of rotatable bonds is 3. The van der Waals surface area contributed by atoms with E-state index in [0.29, 0.717) is 11.0 Å². The van der Waals surface area contributed by atoms with E-state index in [1.54, 1.807) is 0 Å². The van der Waals surface area contributed by atoms with Crippen LogP contribution in [0.25, 0.3) is 11.0 Å². The number of aryl methyl sites for hydroxylation is 1. The van der Waals surface area contributed by atoms with Gasteiger partial charge >= 0.3 is 5.63 Å². The lowest BCUT2D eigenvalue weighted by Gasteiger charge is -2.06. The monoisotopic (exact) mass is 234 g/mol. The van der Waals surface area contributed by atoms with Crippen LogP contribution in [0.4, 0.5) is 0 Å². The van der Waals surface area contributed by atoms with Crippen molar-refractivity contribution in [1.82, 2.24) is 0 Å². The number of phenols is 2. The van der Waals surface area contributed by atoms with Gasteiger partial charge in [-0.15, -0.1) is 0 Å². The highest BCUT2D eigenvalue weighted by Crippen LogP contribution is 2.31. The van der Waals surface area contributed by atoms with Crippen molar-refractivity contribution in [2.75, 3.05) is 0 Å². The Morgan fingerprint density at radius 1 is 1.18 bits per heavy atom. The van der Waals surface area contributed by atoms with E-state index in [0.717, 1.165) is 24.8 Å². The minimum absolute atomic E-state index is 0.205. The summed E-state index contributed by atoms with van der Waals surface area (Å²) in [5.74, 6) is -0.489. The van der Waals surface area contributed by atoms with Crippen LogP contribution in [0.2, 0.25) is 0 Å². The van der Waals surface area contributed by atoms with Crippen LogP contribution in [0.15, 0.2) is 27.4 Å². The fraction of sp³-hybridized carbons (Fsp3) is 0.308. The first-order valence-electron chi connectivity index (χ1n) is 5.60. The van der Waals surface area contributed by atoms with E-state index < -0.39 is 5.63 Å². The number of hydrogen-bond donors (Lipinski definition) is 2. The second-order valence-electron chi connectivity index (χ2n) is 4.03. The van der Waals surface area contributed by atoms with E-state index in [4.69, 9.17) is 4.42 Å². The molecule has 1 aromatic heterocycles. The smallest absolute Gasteiger partial charge is 0.336 e. The van der Waals surface area contributed by atoms with Crippen molar-refractivity contribution in [3.63, 3.8) is 0 Å². The molecule has 0 radical (unpaired) electrons. The summed E-state index contributed by atoms with van der Waals surface area (Å²) in [6, 6.07) is 4.13. The number of phenolic OH excluding ortho intramolecular Hbond substituents is 2. The zero-order valence-electron chi connectivity index (χ0n) is 9.56. The Morgan fingerprint density at radius 3 is 2.59 bits per heavy atom. The van der Waals surface area contributed by atoms with Crippen molar-refractivity contribution < 1.29 is 14.6 Å². The predicted octanol–water partition coefficient (Wildman–Crippen LogP) is 2.55. The third-order valence-corrected chi connectivity index (χ3v) is 2.73. The van der Waals surface area contributed by atoms with E-state index in [2.05, 4.69) is 6.92 Å². The first kappa shape index (κ1) is 11.5. The molecule has 2 rings (SSSR count). The quantitative estimate of drug-likeness (QED) is 0.632. The van der Waals surface area contributed by atoms with Crippen molar-refractivity contribution in [3.8, 4) is 11.5 Å². The molecule has 0 aliphatic carbocycles. The third-order valence-electron chi connectivity index (χ3n) is 2.73. The molecule has 1 aromatic carbocycles. The molecule has 0 fully saturated rings. The summed E-state index contributed by atoms with van der Waals surface area (Å²) in [6.45, 7) is 2.07. The SMILES string of the molecule is CCCCc1cc(=O)oc2cc(O)c(O)cc12. The standard InChI is InChI=1S/C13H14O4/c1-2-3-4-8-5-13(16)17-12-7-11(15)10(14)6-9(8)12/h5-7,14-15H,2-4H2,1H3. The molecule has 0 aliphatic heterocycles. The van der Waals surface area contributed by atoms with E-state index in [-0.39, 0.29) is 11.5 Å². The van der Waals surface area contributed by atoms with Crippen LogP contribution in [0.3, 0.4) is 0 Å². The molecule has 4 heteroatoms. The largest absolute Gasteiger partial charge is 0.504 e. The number of benzene rings is 1. The third kappa shape index (κ3) is 2.25. The molecular formula is C13H14O4. The molecule has 0 saturated heterocycles. The van der Waals surface area contributed by atoms with Gasteiger partial charge in [0.2, 0.25) is 0 Å². The number of aromatic hydroxyl groups is 2. The summed E-state index contributed by atoms with van der Waals surface area (Å²) in [6.07, 6.45) is 2.73. The van der Waals surface area contributed by atoms with Gasteiger partial charge in [0.05, 0.1) is 0 Å². The zero-order chi connectivity index (χ0) is 12.4. The molecule has 0 saturated carbocycles. The van der Waals surface area contributed by atoms with Crippen LogP contribution in [0.5, 0.6) is 11.5 Å². The molecule has 0 unspecified atom stereocenters. The summed E-state index contributed by atoms with van der Waals surface area (Å²) in [4.78, 5) is 11.4. The van der Waals surface area contributed by atoms with E-state index in [9.17, 15) is 15.0 Å². The zero-order valence-corrected chi connectivity index (χ0v) is 9.56. The lowest BCUT2D eigenvalue weighted by atomic mass is 10.0. The Hall–Kier alpha value is -1.97. The highest BCUT2D eigenvalue weighted by Gasteiger charge is 2.09. The van der Waals surface area contributed by atoms with E-state index in [1.807, 2.05) is 0 Å². The number of hydrogen-bond acceptors (Lipinski definition) is 4. The van der Waals surface area contributed by atoms with Crippen molar-refractivity contribution in [3.05, 3.63) is 34.2 Å². The first-order valence-corrected chi connectivity index (χ1v) is 5.60. The summed E-state index contributed by atoms with van der Waals surface area (Å²) < 4.78 is 4.99. The van der Waals surface area contributed by atoms with Gasteiger partial charge in [-0.05, 0) is 24.5 Å². The van der Waals surface area contributed by atoms with Crippen molar-refractivity contribution in [1.29, 1.82) is 0 Å². The van der Waals surface area contributed by atoms with Crippen molar-refractivity contribution >= 4 is 11.0 Å². The van der Waals surface area contributed by atoms with Crippen LogP contribution >= 0.6 is 0 Å². The molecule has 0 spiro atoms. The van der Waals surface area contributed by atoms with Gasteiger partial charge in [-0.3, -0.25) is 0 Å². The van der Waals surface area contributed by atoms with Crippen LogP contribution in [0, 0.1) is 0 Å². The summed E-state index contributed by atoms with van der Waals surface area (Å²) in [7, 11) is 0. The van der Waals surface area contributed by atoms with Gasteiger partial charge in [-0.2, -0.15) is 0 Å². The molecule has 90 valence electrons. The maximum Gasteiger partial charge on any atom is 0.336 e. The number of fused-ring (bicyclic) bond motifs is 1. The van der Waals surface area contributed by atoms with E-state index in [1.165, 1.54) is 18.2 Å². The van der Waals surface area contributed by atoms with Gasteiger partial charge in [0.15, 0.2) is 11.5 Å². The molecule has 4 nitrogen and oxygen atoms in total. The van der Waals surface area contributed by atoms with Gasteiger partial charge in [0.1, 0.15) is 5.58 Å². The Kier molecular flexibility index (Phi) is 3.04. The van der Waals surface area contributed by atoms with Gasteiger partial charge in [-0.1, -0.05) is 13.3 Å². The van der Waals surface area contributed by atoms with Crippen LogP contribution < -0.4 is 5.63 Å². The topological polar surface area (TPSA) is 70.7 Å². The molecule has 0 aliphatic rings. The Balaban J connectivity index is 2.65. The normalized spacial score (nSPS) is 10.9. The maximum absolute atomic E-state index is 11.4. The maximum atomic E-state index is 11.4. The lowest BCUT2D eigenvalue weighted by molar-refractivity contribution is 0.403. The van der Waals surface area contributed by atoms with Crippen LogP contribution in [0.1, 0.15) is 25.3 Å². The average Bonchev–Trinajstić information content (AvgIpc) is 2.28. The summed E-state index contributed by atoms with van der Waals surface area (Å²) >= 11 is 0. The Bertz CT molecular complexity index is 598. The Morgan fingerprint density at radius 2 is 1.88 bits per heavy atom. The minimum Gasteiger partial charge on any atom is -0.504 e. The van der Waals surface area contributed by atoms with Gasteiger partial charge in [-0.25, -0.2) is 4.79 Å². The van der Waals surface area contributed by atoms with E-state index >= 15 is 0 Å².